The summed E-state index contributed by atoms with van der Waals surface area (Å²) in [6.07, 6.45) is 0.772. The number of anilines is 1. The van der Waals surface area contributed by atoms with Gasteiger partial charge in [-0.1, -0.05) is 58.1 Å². The van der Waals surface area contributed by atoms with Crippen LogP contribution in [0, 0.1) is 0 Å². The van der Waals surface area contributed by atoms with E-state index >= 15 is 0 Å². The maximum Gasteiger partial charge on any atom is 0.338 e. The molecule has 0 bridgehead atoms. The van der Waals surface area contributed by atoms with E-state index < -0.39 is 12.0 Å². The summed E-state index contributed by atoms with van der Waals surface area (Å²) in [6.45, 7) is 5.83. The Morgan fingerprint density at radius 3 is 2.81 bits per heavy atom. The average Bonchev–Trinajstić information content (AvgIpc) is 3.19. The van der Waals surface area contributed by atoms with E-state index in [-0.39, 0.29) is 18.3 Å². The van der Waals surface area contributed by atoms with Crippen molar-refractivity contribution in [1.82, 2.24) is 15.5 Å². The lowest BCUT2D eigenvalue weighted by Gasteiger charge is -2.25. The van der Waals surface area contributed by atoms with Crippen LogP contribution in [0.1, 0.15) is 37.4 Å². The summed E-state index contributed by atoms with van der Waals surface area (Å²) in [6, 6.07) is 7.10. The van der Waals surface area contributed by atoms with Gasteiger partial charge in [0.05, 0.1) is 17.9 Å². The van der Waals surface area contributed by atoms with Crippen LogP contribution in [0.5, 0.6) is 0 Å². The van der Waals surface area contributed by atoms with E-state index in [4.69, 9.17) is 9.73 Å². The van der Waals surface area contributed by atoms with Crippen LogP contribution in [0.4, 0.5) is 5.13 Å². The number of carbonyl (C=O) groups excluding carboxylic acids is 2. The number of thioether (sulfide) groups is 1. The zero-order valence-electron chi connectivity index (χ0n) is 17.3. The van der Waals surface area contributed by atoms with E-state index in [0.717, 1.165) is 21.5 Å². The first-order valence-corrected chi connectivity index (χ1v) is 12.2. The number of carbonyl (C=O) groups is 2. The Hall–Kier alpha value is -2.24. The molecule has 1 aliphatic heterocycles. The van der Waals surface area contributed by atoms with Gasteiger partial charge in [-0.25, -0.2) is 9.79 Å². The van der Waals surface area contributed by atoms with Crippen LogP contribution in [-0.4, -0.2) is 39.6 Å². The van der Waals surface area contributed by atoms with Crippen molar-refractivity contribution in [2.75, 3.05) is 17.7 Å². The second-order valence-electron chi connectivity index (χ2n) is 6.47. The third kappa shape index (κ3) is 6.14. The second kappa shape index (κ2) is 10.9. The molecular weight excluding hydrogens is 502 g/mol. The van der Waals surface area contributed by atoms with Crippen LogP contribution >= 0.6 is 39.0 Å². The number of nitrogens with one attached hydrogen (secondary N) is 2. The molecule has 11 heteroatoms. The molecule has 2 N–H and O–H groups in total. The lowest BCUT2D eigenvalue weighted by atomic mass is 9.97. The molecule has 1 aromatic carbocycles. The van der Waals surface area contributed by atoms with Gasteiger partial charge in [0.2, 0.25) is 11.0 Å². The minimum Gasteiger partial charge on any atom is -0.463 e. The Morgan fingerprint density at radius 2 is 2.13 bits per heavy atom. The van der Waals surface area contributed by atoms with Crippen LogP contribution in [0.25, 0.3) is 0 Å². The van der Waals surface area contributed by atoms with E-state index in [2.05, 4.69) is 36.8 Å². The number of aliphatic imine (C=N–C) groups is 1. The monoisotopic (exact) mass is 523 g/mol. The molecule has 1 aliphatic rings. The molecule has 0 saturated heterocycles. The van der Waals surface area contributed by atoms with Gasteiger partial charge >= 0.3 is 5.97 Å². The molecule has 2 heterocycles. The van der Waals surface area contributed by atoms with Gasteiger partial charge in [0.15, 0.2) is 5.17 Å². The minimum atomic E-state index is -0.529. The van der Waals surface area contributed by atoms with Crippen molar-refractivity contribution in [3.63, 3.8) is 0 Å². The molecule has 0 unspecified atom stereocenters. The zero-order chi connectivity index (χ0) is 22.4. The minimum absolute atomic E-state index is 0.139. The van der Waals surface area contributed by atoms with E-state index in [0.29, 0.717) is 21.6 Å². The molecule has 0 fully saturated rings. The standard InChI is InChI=1S/C20H22BrN5O3S2/c1-4-15-25-26-20(31-15)23-14(27)10-30-19-22-11(3)16(18(28)29-5-2)17(24-19)12-7-6-8-13(21)9-12/h6-9,17H,4-5,10H2,1-3H3,(H,22,24)(H,23,26,27)/t17-/m1/s1. The van der Waals surface area contributed by atoms with Crippen LogP contribution in [0.3, 0.4) is 0 Å². The van der Waals surface area contributed by atoms with Gasteiger partial charge in [0, 0.05) is 10.2 Å². The third-order valence-corrected chi connectivity index (χ3v) is 6.60. The first-order chi connectivity index (χ1) is 14.9. The molecule has 0 aliphatic carbocycles. The summed E-state index contributed by atoms with van der Waals surface area (Å²) in [5, 5.41) is 15.7. The summed E-state index contributed by atoms with van der Waals surface area (Å²) in [4.78, 5) is 29.6. The average molecular weight is 524 g/mol. The van der Waals surface area contributed by atoms with Gasteiger partial charge in [-0.15, -0.1) is 10.2 Å². The zero-order valence-corrected chi connectivity index (χ0v) is 20.5. The Bertz CT molecular complexity index is 1040. The SMILES string of the molecule is CCOC(=O)C1=C(C)NC(SCC(=O)Nc2nnc(CC)s2)=N[C@@H]1c1cccc(Br)c1. The van der Waals surface area contributed by atoms with E-state index in [9.17, 15) is 9.59 Å². The van der Waals surface area contributed by atoms with Gasteiger partial charge < -0.3 is 10.1 Å². The van der Waals surface area contributed by atoms with Gasteiger partial charge in [0.1, 0.15) is 11.0 Å². The summed E-state index contributed by atoms with van der Waals surface area (Å²) in [5.41, 5.74) is 1.95. The number of benzene rings is 1. The molecule has 1 atom stereocenters. The Kier molecular flexibility index (Phi) is 8.22. The largest absolute Gasteiger partial charge is 0.463 e. The van der Waals surface area contributed by atoms with Crippen LogP contribution < -0.4 is 10.6 Å². The first kappa shape index (κ1) is 23.4. The lowest BCUT2D eigenvalue weighted by molar-refractivity contribution is -0.139. The summed E-state index contributed by atoms with van der Waals surface area (Å²) in [5.74, 6) is -0.476. The van der Waals surface area contributed by atoms with E-state index in [1.165, 1.54) is 23.1 Å². The molecule has 1 amide bonds. The van der Waals surface area contributed by atoms with Crippen molar-refractivity contribution in [2.45, 2.75) is 33.2 Å². The number of halogens is 1. The normalized spacial score (nSPS) is 15.9. The highest BCUT2D eigenvalue weighted by molar-refractivity contribution is 9.10. The molecule has 1 aromatic heterocycles. The molecule has 2 aromatic rings. The summed E-state index contributed by atoms with van der Waals surface area (Å²) in [7, 11) is 0. The van der Waals surface area contributed by atoms with Crippen molar-refractivity contribution in [1.29, 1.82) is 0 Å². The molecule has 31 heavy (non-hydrogen) atoms. The molecule has 8 nitrogen and oxygen atoms in total. The fraction of sp³-hybridized carbons (Fsp3) is 0.350. The summed E-state index contributed by atoms with van der Waals surface area (Å²) >= 11 is 6.08. The number of hydrogen-bond donors (Lipinski definition) is 2. The van der Waals surface area contributed by atoms with Crippen molar-refractivity contribution < 1.29 is 14.3 Å². The number of aromatic nitrogens is 2. The number of amidine groups is 1. The quantitative estimate of drug-likeness (QED) is 0.526. The smallest absolute Gasteiger partial charge is 0.338 e. The van der Waals surface area contributed by atoms with Crippen molar-refractivity contribution >= 4 is 61.2 Å². The molecule has 0 spiro atoms. The fourth-order valence-corrected chi connectivity index (χ4v) is 4.71. The Labute approximate surface area is 197 Å². The van der Waals surface area contributed by atoms with Gasteiger partial charge in [-0.2, -0.15) is 0 Å². The maximum absolute atomic E-state index is 12.6. The highest BCUT2D eigenvalue weighted by Gasteiger charge is 2.30. The molecule has 164 valence electrons. The van der Waals surface area contributed by atoms with Crippen molar-refractivity contribution in [2.24, 2.45) is 4.99 Å². The third-order valence-electron chi connectivity index (χ3n) is 4.23. The number of amides is 1. The number of allylic oxidation sites excluding steroid dienone is 1. The fourth-order valence-electron chi connectivity index (χ4n) is 2.85. The topological polar surface area (TPSA) is 106 Å². The number of aryl methyl sites for hydroxylation is 1. The number of nitrogens with zero attached hydrogens (tertiary/aromatic N) is 3. The van der Waals surface area contributed by atoms with Crippen molar-refractivity contribution in [3.8, 4) is 0 Å². The van der Waals surface area contributed by atoms with Gasteiger partial charge in [0.25, 0.3) is 0 Å². The maximum atomic E-state index is 12.6. The number of ether oxygens (including phenoxy) is 1. The molecule has 3 rings (SSSR count). The predicted molar refractivity (Wildman–Crippen MR) is 127 cm³/mol. The van der Waals surface area contributed by atoms with Gasteiger partial charge in [-0.05, 0) is 38.0 Å². The lowest BCUT2D eigenvalue weighted by Crippen LogP contribution is -2.31. The Balaban J connectivity index is 1.75. The Morgan fingerprint density at radius 1 is 1.32 bits per heavy atom. The highest BCUT2D eigenvalue weighted by atomic mass is 79.9. The van der Waals surface area contributed by atoms with E-state index in [1.54, 1.807) is 13.8 Å². The van der Waals surface area contributed by atoms with Crippen LogP contribution in [0.2, 0.25) is 0 Å². The number of esters is 1. The summed E-state index contributed by atoms with van der Waals surface area (Å²) < 4.78 is 6.13. The highest BCUT2D eigenvalue weighted by Crippen LogP contribution is 2.34. The van der Waals surface area contributed by atoms with Crippen LogP contribution in [0.15, 0.2) is 45.0 Å². The predicted octanol–water partition coefficient (Wildman–Crippen LogP) is 4.07. The molecule has 0 radical (unpaired) electrons. The second-order valence-corrected chi connectivity index (χ2v) is 9.41. The van der Waals surface area contributed by atoms with Crippen molar-refractivity contribution in [3.05, 3.63) is 50.6 Å². The first-order valence-electron chi connectivity index (χ1n) is 9.64. The molecule has 0 saturated carbocycles. The molecular formula is C20H22BrN5O3S2. The van der Waals surface area contributed by atoms with E-state index in [1.807, 2.05) is 31.2 Å². The van der Waals surface area contributed by atoms with Gasteiger partial charge in [-0.3, -0.25) is 10.1 Å². The van der Waals surface area contributed by atoms with Crippen LogP contribution in [-0.2, 0) is 20.7 Å². The number of rotatable bonds is 7. The number of hydrogen-bond acceptors (Lipinski definition) is 9.